The lowest BCUT2D eigenvalue weighted by atomic mass is 9.81. The number of rotatable bonds is 11. The summed E-state index contributed by atoms with van der Waals surface area (Å²) < 4.78 is 14.1. The van der Waals surface area contributed by atoms with Crippen LogP contribution in [0.25, 0.3) is 0 Å². The van der Waals surface area contributed by atoms with Gasteiger partial charge in [0, 0.05) is 46.1 Å². The first-order chi connectivity index (χ1) is 19.1. The van der Waals surface area contributed by atoms with E-state index >= 15 is 0 Å². The summed E-state index contributed by atoms with van der Waals surface area (Å²) in [6.07, 6.45) is 1.10. The Kier molecular flexibility index (Phi) is 10.1. The number of hydrogen-bond acceptors (Lipinski definition) is 5. The molecule has 3 aromatic carbocycles. The molecule has 3 aromatic rings. The van der Waals surface area contributed by atoms with Crippen LogP contribution in [0.15, 0.2) is 86.7 Å². The third-order valence-corrected chi connectivity index (χ3v) is 8.02. The maximum absolute atomic E-state index is 14.2. The molecule has 0 aliphatic carbocycles. The number of benzene rings is 3. The van der Waals surface area contributed by atoms with Crippen LogP contribution in [0.4, 0.5) is 0 Å². The van der Waals surface area contributed by atoms with E-state index in [0.717, 1.165) is 32.1 Å². The number of nitrogens with zero attached hydrogens (tertiary/aromatic N) is 1. The Hall–Kier alpha value is -2.68. The molecule has 1 amide bonds. The Morgan fingerprint density at radius 2 is 1.75 bits per heavy atom. The second-order valence-corrected chi connectivity index (χ2v) is 13.0. The molecule has 2 atom stereocenters. The van der Waals surface area contributed by atoms with Crippen molar-refractivity contribution in [1.29, 1.82) is 0 Å². The number of aliphatic imine (C=N–C) groups is 1. The van der Waals surface area contributed by atoms with Crippen molar-refractivity contribution in [3.63, 3.8) is 0 Å². The zero-order chi connectivity index (χ0) is 28.8. The Bertz CT molecular complexity index is 1320. The lowest BCUT2D eigenvalue weighted by molar-refractivity contribution is -0.129. The van der Waals surface area contributed by atoms with Gasteiger partial charge in [0.25, 0.3) is 5.91 Å². The third-order valence-electron chi connectivity index (χ3n) is 6.77. The van der Waals surface area contributed by atoms with Crippen LogP contribution in [0.5, 0.6) is 5.75 Å². The van der Waals surface area contributed by atoms with E-state index in [2.05, 4.69) is 57.9 Å². The van der Waals surface area contributed by atoms with Gasteiger partial charge in [-0.3, -0.25) is 4.79 Å². The number of ether oxygens (including phenoxy) is 2. The standard InChI is InChI=1S/C32H36Br2N2O4/c1-31(2,3)17-18-35-30(38)32(21-22-9-13-24(33)14-10-22)28(26-7-4-5-8-27(26)34)40-29(36-32)23-11-15-25(16-12-23)39-20-6-19-37/h4-5,7-16,28,37H,6,17-21H2,1-3H3,(H,35,38)/t28-,32-/m1/s1. The first-order valence-electron chi connectivity index (χ1n) is 13.5. The van der Waals surface area contributed by atoms with Crippen molar-refractivity contribution in [1.82, 2.24) is 5.32 Å². The van der Waals surface area contributed by atoms with Gasteiger partial charge in [-0.05, 0) is 59.9 Å². The number of carbonyl (C=O) groups excluding carboxylic acids is 1. The molecule has 0 saturated carbocycles. The van der Waals surface area contributed by atoms with Gasteiger partial charge in [0.15, 0.2) is 11.6 Å². The monoisotopic (exact) mass is 670 g/mol. The van der Waals surface area contributed by atoms with Crippen molar-refractivity contribution < 1.29 is 19.4 Å². The summed E-state index contributed by atoms with van der Waals surface area (Å²) in [6.45, 7) is 7.53. The van der Waals surface area contributed by atoms with E-state index in [1.807, 2.05) is 72.8 Å². The molecule has 4 rings (SSSR count). The third kappa shape index (κ3) is 7.53. The molecule has 2 N–H and O–H groups in total. The van der Waals surface area contributed by atoms with Gasteiger partial charge in [-0.2, -0.15) is 0 Å². The Balaban J connectivity index is 1.76. The molecule has 1 heterocycles. The van der Waals surface area contributed by atoms with Crippen LogP contribution in [0.2, 0.25) is 0 Å². The summed E-state index contributed by atoms with van der Waals surface area (Å²) in [5.74, 6) is 0.935. The van der Waals surface area contributed by atoms with Crippen molar-refractivity contribution in [2.45, 2.75) is 51.7 Å². The fraction of sp³-hybridized carbons (Fsp3) is 0.375. The summed E-state index contributed by atoms with van der Waals surface area (Å²) >= 11 is 7.21. The molecule has 0 unspecified atom stereocenters. The average molecular weight is 672 g/mol. The molecule has 0 bridgehead atoms. The second kappa shape index (κ2) is 13.3. The molecule has 1 aliphatic rings. The highest BCUT2D eigenvalue weighted by molar-refractivity contribution is 9.10. The van der Waals surface area contributed by atoms with Gasteiger partial charge in [0.2, 0.25) is 5.90 Å². The number of amides is 1. The van der Waals surface area contributed by atoms with Gasteiger partial charge in [0.1, 0.15) is 5.75 Å². The summed E-state index contributed by atoms with van der Waals surface area (Å²) in [7, 11) is 0. The van der Waals surface area contributed by atoms with Gasteiger partial charge in [-0.15, -0.1) is 0 Å². The molecular weight excluding hydrogens is 636 g/mol. The van der Waals surface area contributed by atoms with E-state index in [1.165, 1.54) is 0 Å². The highest BCUT2D eigenvalue weighted by Gasteiger charge is 2.53. The zero-order valence-corrected chi connectivity index (χ0v) is 26.3. The van der Waals surface area contributed by atoms with Crippen LogP contribution in [0.3, 0.4) is 0 Å². The van der Waals surface area contributed by atoms with Crippen LogP contribution in [-0.2, 0) is 16.0 Å². The lowest BCUT2D eigenvalue weighted by Crippen LogP contribution is -2.50. The quantitative estimate of drug-likeness (QED) is 0.215. The van der Waals surface area contributed by atoms with E-state index < -0.39 is 11.6 Å². The predicted octanol–water partition coefficient (Wildman–Crippen LogP) is 7.02. The van der Waals surface area contributed by atoms with Gasteiger partial charge >= 0.3 is 0 Å². The Morgan fingerprint density at radius 1 is 1.05 bits per heavy atom. The molecule has 0 radical (unpaired) electrons. The Labute approximate surface area is 253 Å². The number of carbonyl (C=O) groups is 1. The summed E-state index contributed by atoms with van der Waals surface area (Å²) in [5, 5.41) is 12.2. The molecule has 212 valence electrons. The molecule has 1 aliphatic heterocycles. The number of hydrogen-bond donors (Lipinski definition) is 2. The highest BCUT2D eigenvalue weighted by atomic mass is 79.9. The summed E-state index contributed by atoms with van der Waals surface area (Å²) in [5.41, 5.74) is 1.43. The van der Waals surface area contributed by atoms with E-state index in [-0.39, 0.29) is 17.9 Å². The fourth-order valence-electron chi connectivity index (χ4n) is 4.56. The molecule has 0 aromatic heterocycles. The maximum atomic E-state index is 14.2. The van der Waals surface area contributed by atoms with Crippen molar-refractivity contribution in [3.05, 3.63) is 98.4 Å². The predicted molar refractivity (Wildman–Crippen MR) is 166 cm³/mol. The minimum Gasteiger partial charge on any atom is -0.494 e. The average Bonchev–Trinajstić information content (AvgIpc) is 3.30. The van der Waals surface area contributed by atoms with Gasteiger partial charge in [-0.25, -0.2) is 4.99 Å². The normalized spacial score (nSPS) is 18.6. The largest absolute Gasteiger partial charge is 0.494 e. The molecule has 40 heavy (non-hydrogen) atoms. The van der Waals surface area contributed by atoms with Crippen molar-refractivity contribution in [2.75, 3.05) is 19.8 Å². The van der Waals surface area contributed by atoms with E-state index in [9.17, 15) is 4.79 Å². The minimum absolute atomic E-state index is 0.0790. The van der Waals surface area contributed by atoms with Crippen LogP contribution >= 0.6 is 31.9 Å². The van der Waals surface area contributed by atoms with Crippen molar-refractivity contribution in [3.8, 4) is 5.75 Å². The molecule has 0 spiro atoms. The topological polar surface area (TPSA) is 80.2 Å². The summed E-state index contributed by atoms with van der Waals surface area (Å²) in [6, 6.07) is 23.3. The van der Waals surface area contributed by atoms with Crippen molar-refractivity contribution in [2.24, 2.45) is 10.4 Å². The van der Waals surface area contributed by atoms with Crippen LogP contribution in [0.1, 0.15) is 56.4 Å². The highest BCUT2D eigenvalue weighted by Crippen LogP contribution is 2.44. The maximum Gasteiger partial charge on any atom is 0.252 e. The number of halogens is 2. The SMILES string of the molecule is CC(C)(C)CCNC(=O)[C@]1(Cc2ccc(Br)cc2)N=C(c2ccc(OCCCO)cc2)O[C@@H]1c1ccccc1Br. The van der Waals surface area contributed by atoms with E-state index in [4.69, 9.17) is 19.6 Å². The first-order valence-corrected chi connectivity index (χ1v) is 15.1. The Morgan fingerprint density at radius 3 is 2.40 bits per heavy atom. The fourth-order valence-corrected chi connectivity index (χ4v) is 5.32. The van der Waals surface area contributed by atoms with E-state index in [1.54, 1.807) is 0 Å². The van der Waals surface area contributed by atoms with Gasteiger partial charge in [-0.1, -0.05) is 83.0 Å². The first kappa shape index (κ1) is 30.3. The number of aliphatic hydroxyl groups is 1. The number of aliphatic hydroxyl groups excluding tert-OH is 1. The van der Waals surface area contributed by atoms with Crippen molar-refractivity contribution >= 4 is 43.7 Å². The lowest BCUT2D eigenvalue weighted by Gasteiger charge is -2.32. The van der Waals surface area contributed by atoms with Gasteiger partial charge in [0.05, 0.1) is 6.61 Å². The molecular formula is C32H36Br2N2O4. The van der Waals surface area contributed by atoms with Crippen LogP contribution in [-0.4, -0.2) is 42.2 Å². The number of nitrogens with one attached hydrogen (secondary N) is 1. The molecule has 0 fully saturated rings. The van der Waals surface area contributed by atoms with Crippen LogP contribution < -0.4 is 10.1 Å². The summed E-state index contributed by atoms with van der Waals surface area (Å²) in [4.78, 5) is 19.3. The van der Waals surface area contributed by atoms with E-state index in [0.29, 0.717) is 37.6 Å². The molecule has 8 heteroatoms. The zero-order valence-electron chi connectivity index (χ0n) is 23.1. The van der Waals surface area contributed by atoms with Gasteiger partial charge < -0.3 is 19.9 Å². The van der Waals surface area contributed by atoms with Crippen LogP contribution in [0, 0.1) is 5.41 Å². The molecule has 6 nitrogen and oxygen atoms in total. The smallest absolute Gasteiger partial charge is 0.252 e. The second-order valence-electron chi connectivity index (χ2n) is 11.2. The molecule has 0 saturated heterocycles. The minimum atomic E-state index is -1.23.